The first-order chi connectivity index (χ1) is 12.8. The number of rotatable bonds is 7. The molecule has 0 aliphatic heterocycles. The van der Waals surface area contributed by atoms with Crippen LogP contribution in [0.15, 0.2) is 42.5 Å². The monoisotopic (exact) mass is 366 g/mol. The number of amides is 2. The van der Waals surface area contributed by atoms with Gasteiger partial charge in [-0.05, 0) is 36.5 Å². The minimum atomic E-state index is -0.0313. The largest absolute Gasteiger partial charge is 0.354 e. The Morgan fingerprint density at radius 2 is 1.70 bits per heavy atom. The zero-order valence-electron chi connectivity index (χ0n) is 17.0. The van der Waals surface area contributed by atoms with E-state index in [9.17, 15) is 9.59 Å². The van der Waals surface area contributed by atoms with Crippen LogP contribution in [0, 0.1) is 13.8 Å². The van der Waals surface area contributed by atoms with Crippen molar-refractivity contribution in [1.29, 1.82) is 0 Å². The fourth-order valence-corrected chi connectivity index (χ4v) is 3.20. The van der Waals surface area contributed by atoms with Gasteiger partial charge in [0.25, 0.3) is 0 Å². The molecule has 2 aromatic rings. The summed E-state index contributed by atoms with van der Waals surface area (Å²) in [5.74, 6) is 0.271. The Kier molecular flexibility index (Phi) is 7.17. The molecule has 0 bridgehead atoms. The third-order valence-corrected chi connectivity index (χ3v) is 4.68. The lowest BCUT2D eigenvalue weighted by Gasteiger charge is -2.27. The summed E-state index contributed by atoms with van der Waals surface area (Å²) >= 11 is 0. The summed E-state index contributed by atoms with van der Waals surface area (Å²) in [5, 5.41) is 2.94. The van der Waals surface area contributed by atoms with Crippen LogP contribution in [-0.4, -0.2) is 24.9 Å². The van der Waals surface area contributed by atoms with Gasteiger partial charge in [0.1, 0.15) is 0 Å². The molecule has 4 heteroatoms. The highest BCUT2D eigenvalue weighted by molar-refractivity contribution is 5.93. The number of hydrogen-bond donors (Lipinski definition) is 1. The summed E-state index contributed by atoms with van der Waals surface area (Å²) in [6.07, 6.45) is 0.349. The van der Waals surface area contributed by atoms with Gasteiger partial charge in [0, 0.05) is 20.0 Å². The van der Waals surface area contributed by atoms with Gasteiger partial charge < -0.3 is 10.2 Å². The van der Waals surface area contributed by atoms with Gasteiger partial charge in [0.15, 0.2) is 0 Å². The summed E-state index contributed by atoms with van der Waals surface area (Å²) < 4.78 is 0. The molecule has 0 fully saturated rings. The van der Waals surface area contributed by atoms with Gasteiger partial charge in [0.05, 0.1) is 12.1 Å². The first kappa shape index (κ1) is 20.7. The second-order valence-electron chi connectivity index (χ2n) is 7.35. The van der Waals surface area contributed by atoms with Gasteiger partial charge in [-0.15, -0.1) is 0 Å². The van der Waals surface area contributed by atoms with E-state index < -0.39 is 0 Å². The molecule has 0 heterocycles. The average molecular weight is 367 g/mol. The van der Waals surface area contributed by atoms with E-state index in [1.54, 1.807) is 11.8 Å². The number of para-hydroxylation sites is 1. The molecule has 27 heavy (non-hydrogen) atoms. The second kappa shape index (κ2) is 9.36. The van der Waals surface area contributed by atoms with Gasteiger partial charge in [-0.1, -0.05) is 61.9 Å². The number of aryl methyl sites for hydroxylation is 2. The molecule has 1 N–H and O–H groups in total. The Bertz CT molecular complexity index is 795. The Morgan fingerprint density at radius 1 is 1.04 bits per heavy atom. The van der Waals surface area contributed by atoms with Crippen LogP contribution in [0.3, 0.4) is 0 Å². The van der Waals surface area contributed by atoms with Crippen LogP contribution in [0.5, 0.6) is 0 Å². The molecular formula is C23H30N2O2. The maximum atomic E-state index is 12.3. The lowest BCUT2D eigenvalue weighted by molar-refractivity contribution is -0.121. The van der Waals surface area contributed by atoms with Crippen LogP contribution in [0.4, 0.5) is 5.69 Å². The molecule has 0 aliphatic rings. The lowest BCUT2D eigenvalue weighted by atomic mass is 9.97. The van der Waals surface area contributed by atoms with Crippen molar-refractivity contribution >= 4 is 17.5 Å². The Balaban J connectivity index is 2.02. The second-order valence-corrected chi connectivity index (χ2v) is 7.35. The fourth-order valence-electron chi connectivity index (χ4n) is 3.20. The first-order valence-corrected chi connectivity index (χ1v) is 9.49. The fraction of sp³-hybridized carbons (Fsp3) is 0.391. The summed E-state index contributed by atoms with van der Waals surface area (Å²) in [7, 11) is 0. The maximum Gasteiger partial charge on any atom is 0.224 e. The highest BCUT2D eigenvalue weighted by Crippen LogP contribution is 2.30. The first-order valence-electron chi connectivity index (χ1n) is 9.49. The third kappa shape index (κ3) is 5.68. The summed E-state index contributed by atoms with van der Waals surface area (Å²) in [6, 6.07) is 14.1. The minimum absolute atomic E-state index is 0.0148. The highest BCUT2D eigenvalue weighted by atomic mass is 16.2. The number of carbonyl (C=O) groups is 2. The number of carbonyl (C=O) groups excluding carboxylic acids is 2. The third-order valence-electron chi connectivity index (χ3n) is 4.68. The van der Waals surface area contributed by atoms with Crippen LogP contribution in [-0.2, 0) is 16.0 Å². The zero-order chi connectivity index (χ0) is 20.0. The number of nitrogens with one attached hydrogen (secondary N) is 1. The van der Waals surface area contributed by atoms with Crippen molar-refractivity contribution in [1.82, 2.24) is 5.32 Å². The van der Waals surface area contributed by atoms with Crippen LogP contribution in [0.2, 0.25) is 0 Å². The molecule has 0 saturated carbocycles. The Hall–Kier alpha value is -2.62. The smallest absolute Gasteiger partial charge is 0.224 e. The van der Waals surface area contributed by atoms with Crippen molar-refractivity contribution in [2.45, 2.75) is 47.0 Å². The molecule has 0 aromatic heterocycles. The molecule has 0 unspecified atom stereocenters. The summed E-state index contributed by atoms with van der Waals surface area (Å²) in [4.78, 5) is 26.3. The zero-order valence-corrected chi connectivity index (χ0v) is 17.0. The highest BCUT2D eigenvalue weighted by Gasteiger charge is 2.19. The van der Waals surface area contributed by atoms with Crippen LogP contribution in [0.25, 0.3) is 0 Å². The van der Waals surface area contributed by atoms with Crippen LogP contribution < -0.4 is 10.2 Å². The Morgan fingerprint density at radius 3 is 2.30 bits per heavy atom. The van der Waals surface area contributed by atoms with E-state index in [2.05, 4.69) is 25.2 Å². The lowest BCUT2D eigenvalue weighted by Crippen LogP contribution is -2.39. The van der Waals surface area contributed by atoms with Gasteiger partial charge in [-0.2, -0.15) is 0 Å². The van der Waals surface area contributed by atoms with E-state index in [1.165, 1.54) is 5.56 Å². The predicted molar refractivity (Wildman–Crippen MR) is 111 cm³/mol. The topological polar surface area (TPSA) is 49.4 Å². The number of anilines is 1. The molecule has 0 aliphatic carbocycles. The van der Waals surface area contributed by atoms with Crippen molar-refractivity contribution in [3.8, 4) is 0 Å². The predicted octanol–water partition coefficient (Wildman–Crippen LogP) is 4.14. The molecule has 2 amide bonds. The van der Waals surface area contributed by atoms with Gasteiger partial charge in [-0.3, -0.25) is 9.59 Å². The molecular weight excluding hydrogens is 336 g/mol. The van der Waals surface area contributed by atoms with Crippen LogP contribution in [0.1, 0.15) is 48.9 Å². The molecule has 0 spiro atoms. The van der Waals surface area contributed by atoms with Gasteiger partial charge in [-0.25, -0.2) is 0 Å². The maximum absolute atomic E-state index is 12.3. The number of benzene rings is 2. The molecule has 2 rings (SSSR count). The van der Waals surface area contributed by atoms with Gasteiger partial charge >= 0.3 is 0 Å². The van der Waals surface area contributed by atoms with Crippen molar-refractivity contribution in [2.75, 3.05) is 18.0 Å². The average Bonchev–Trinajstić information content (AvgIpc) is 2.60. The quantitative estimate of drug-likeness (QED) is 0.801. The van der Waals surface area contributed by atoms with Crippen molar-refractivity contribution < 1.29 is 9.59 Å². The van der Waals surface area contributed by atoms with E-state index in [0.717, 1.165) is 22.4 Å². The summed E-state index contributed by atoms with van der Waals surface area (Å²) in [5.41, 5.74) is 5.35. The molecule has 4 nitrogen and oxygen atoms in total. The van der Waals surface area contributed by atoms with E-state index in [4.69, 9.17) is 0 Å². The Labute approximate surface area is 162 Å². The van der Waals surface area contributed by atoms with Crippen molar-refractivity contribution in [2.24, 2.45) is 0 Å². The van der Waals surface area contributed by atoms with Crippen molar-refractivity contribution in [3.63, 3.8) is 0 Å². The SMILES string of the molecule is CC(=O)N(CCNC(=O)Cc1ccc(C)cc1)c1c(C)cccc1C(C)C. The normalized spacial score (nSPS) is 10.7. The standard InChI is InChI=1S/C23H30N2O2/c1-16(2)21-8-6-7-18(4)23(21)25(19(5)26)14-13-24-22(27)15-20-11-9-17(3)10-12-20/h6-12,16H,13-15H2,1-5H3,(H,24,27). The van der Waals surface area contributed by atoms with Crippen LogP contribution >= 0.6 is 0 Å². The molecule has 0 saturated heterocycles. The number of hydrogen-bond acceptors (Lipinski definition) is 2. The molecule has 144 valence electrons. The molecule has 0 radical (unpaired) electrons. The molecule has 2 aromatic carbocycles. The van der Waals surface area contributed by atoms with E-state index >= 15 is 0 Å². The minimum Gasteiger partial charge on any atom is -0.354 e. The number of nitrogens with zero attached hydrogens (tertiary/aromatic N) is 1. The summed E-state index contributed by atoms with van der Waals surface area (Å²) in [6.45, 7) is 10.8. The van der Waals surface area contributed by atoms with E-state index in [-0.39, 0.29) is 11.8 Å². The van der Waals surface area contributed by atoms with Crippen molar-refractivity contribution in [3.05, 3.63) is 64.7 Å². The van der Waals surface area contributed by atoms with E-state index in [1.807, 2.05) is 50.2 Å². The van der Waals surface area contributed by atoms with Gasteiger partial charge in [0.2, 0.25) is 11.8 Å². The molecule has 0 atom stereocenters. The van der Waals surface area contributed by atoms with E-state index in [0.29, 0.717) is 25.4 Å².